The topological polar surface area (TPSA) is 58.4 Å². The summed E-state index contributed by atoms with van der Waals surface area (Å²) in [4.78, 5) is 14.2. The Labute approximate surface area is 123 Å². The molecule has 2 aromatic rings. The van der Waals surface area contributed by atoms with Crippen LogP contribution in [0.5, 0.6) is 0 Å². The Balaban J connectivity index is 1.53. The molecule has 0 aliphatic carbocycles. The molecule has 1 aromatic carbocycles. The number of aromatic nitrogens is 1. The van der Waals surface area contributed by atoms with Crippen LogP contribution in [0.1, 0.15) is 19.3 Å². The van der Waals surface area contributed by atoms with E-state index in [0.717, 1.165) is 30.9 Å². The van der Waals surface area contributed by atoms with Crippen LogP contribution in [0.15, 0.2) is 40.9 Å². The lowest BCUT2D eigenvalue weighted by molar-refractivity contribution is -0.116. The highest BCUT2D eigenvalue weighted by atomic mass is 16.5. The van der Waals surface area contributed by atoms with Crippen molar-refractivity contribution in [3.05, 3.63) is 36.4 Å². The molecule has 5 heteroatoms. The first kappa shape index (κ1) is 13.8. The normalized spacial score (nSPS) is 15.2. The standard InChI is InChI=1S/C16H19N3O2/c20-15(8-11-19-9-4-5-10-19)17-16-12-14(18-21-16)13-6-2-1-3-7-13/h1-3,6-7,12H,4-5,8-11H2,(H,17,20). The van der Waals surface area contributed by atoms with Gasteiger partial charge in [-0.05, 0) is 25.9 Å². The van der Waals surface area contributed by atoms with Crippen molar-refractivity contribution in [2.45, 2.75) is 19.3 Å². The SMILES string of the molecule is O=C(CCN1CCCC1)Nc1cc(-c2ccccc2)no1. The number of nitrogens with one attached hydrogen (secondary N) is 1. The fourth-order valence-corrected chi connectivity index (χ4v) is 2.54. The van der Waals surface area contributed by atoms with E-state index in [1.165, 1.54) is 12.8 Å². The molecule has 21 heavy (non-hydrogen) atoms. The first-order valence-corrected chi connectivity index (χ1v) is 7.35. The average molecular weight is 285 g/mol. The fraction of sp³-hybridized carbons (Fsp3) is 0.375. The second kappa shape index (κ2) is 6.54. The molecule has 0 unspecified atom stereocenters. The van der Waals surface area contributed by atoms with Gasteiger partial charge in [-0.1, -0.05) is 35.5 Å². The highest BCUT2D eigenvalue weighted by Gasteiger charge is 2.14. The summed E-state index contributed by atoms with van der Waals surface area (Å²) >= 11 is 0. The fourth-order valence-electron chi connectivity index (χ4n) is 2.54. The Bertz CT molecular complexity index is 589. The first-order chi connectivity index (χ1) is 10.3. The van der Waals surface area contributed by atoms with Crippen LogP contribution in [-0.4, -0.2) is 35.6 Å². The summed E-state index contributed by atoms with van der Waals surface area (Å²) in [6.45, 7) is 3.02. The molecule has 1 fully saturated rings. The molecule has 3 rings (SSSR count). The third-order valence-corrected chi connectivity index (χ3v) is 3.70. The lowest BCUT2D eigenvalue weighted by Crippen LogP contribution is -2.24. The van der Waals surface area contributed by atoms with E-state index >= 15 is 0 Å². The molecule has 0 radical (unpaired) electrons. The zero-order valence-electron chi connectivity index (χ0n) is 11.9. The third kappa shape index (κ3) is 3.70. The quantitative estimate of drug-likeness (QED) is 0.917. The second-order valence-electron chi connectivity index (χ2n) is 5.29. The van der Waals surface area contributed by atoms with Crippen LogP contribution < -0.4 is 5.32 Å². The Kier molecular flexibility index (Phi) is 4.31. The maximum Gasteiger partial charge on any atom is 0.231 e. The number of benzene rings is 1. The molecular weight excluding hydrogens is 266 g/mol. The molecule has 0 spiro atoms. The van der Waals surface area contributed by atoms with Gasteiger partial charge in [0.25, 0.3) is 0 Å². The molecular formula is C16H19N3O2. The van der Waals surface area contributed by atoms with Gasteiger partial charge in [0.15, 0.2) is 0 Å². The van der Waals surface area contributed by atoms with Crippen LogP contribution >= 0.6 is 0 Å². The summed E-state index contributed by atoms with van der Waals surface area (Å²) in [6.07, 6.45) is 2.97. The third-order valence-electron chi connectivity index (χ3n) is 3.70. The van der Waals surface area contributed by atoms with Crippen LogP contribution in [0.2, 0.25) is 0 Å². The molecule has 0 atom stereocenters. The highest BCUT2D eigenvalue weighted by Crippen LogP contribution is 2.21. The van der Waals surface area contributed by atoms with Crippen LogP contribution in [0.4, 0.5) is 5.88 Å². The summed E-state index contributed by atoms with van der Waals surface area (Å²) in [5, 5.41) is 6.74. The molecule has 1 amide bonds. The Hall–Kier alpha value is -2.14. The molecule has 0 bridgehead atoms. The average Bonchev–Trinajstić information content (AvgIpc) is 3.17. The highest BCUT2D eigenvalue weighted by molar-refractivity contribution is 5.89. The molecule has 110 valence electrons. The van der Waals surface area contributed by atoms with Gasteiger partial charge in [-0.3, -0.25) is 10.1 Å². The number of amides is 1. The van der Waals surface area contributed by atoms with Gasteiger partial charge in [0.05, 0.1) is 0 Å². The van der Waals surface area contributed by atoms with Crippen LogP contribution in [0.3, 0.4) is 0 Å². The number of hydrogen-bond donors (Lipinski definition) is 1. The first-order valence-electron chi connectivity index (χ1n) is 7.35. The Morgan fingerprint density at radius 2 is 2.00 bits per heavy atom. The number of carbonyl (C=O) groups is 1. The molecule has 1 saturated heterocycles. The number of likely N-dealkylation sites (tertiary alicyclic amines) is 1. The van der Waals surface area contributed by atoms with Crippen molar-refractivity contribution in [2.24, 2.45) is 0 Å². The van der Waals surface area contributed by atoms with Crippen LogP contribution in [-0.2, 0) is 4.79 Å². The monoisotopic (exact) mass is 285 g/mol. The van der Waals surface area contributed by atoms with Gasteiger partial charge >= 0.3 is 0 Å². The van der Waals surface area contributed by atoms with E-state index in [1.54, 1.807) is 6.07 Å². The summed E-state index contributed by atoms with van der Waals surface area (Å²) < 4.78 is 5.17. The van der Waals surface area contributed by atoms with Gasteiger partial charge in [-0.15, -0.1) is 0 Å². The minimum atomic E-state index is -0.0299. The summed E-state index contributed by atoms with van der Waals surface area (Å²) in [7, 11) is 0. The van der Waals surface area contributed by atoms with Gasteiger partial charge < -0.3 is 9.42 Å². The van der Waals surface area contributed by atoms with Crippen molar-refractivity contribution in [1.29, 1.82) is 0 Å². The number of hydrogen-bond acceptors (Lipinski definition) is 4. The van der Waals surface area contributed by atoms with Gasteiger partial charge in [0.2, 0.25) is 11.8 Å². The molecule has 2 heterocycles. The number of rotatable bonds is 5. The summed E-state index contributed by atoms with van der Waals surface area (Å²) in [5.74, 6) is 0.373. The number of carbonyl (C=O) groups excluding carboxylic acids is 1. The van der Waals surface area contributed by atoms with E-state index < -0.39 is 0 Å². The van der Waals surface area contributed by atoms with Crippen molar-refractivity contribution in [3.63, 3.8) is 0 Å². The van der Waals surface area contributed by atoms with E-state index in [-0.39, 0.29) is 5.91 Å². The van der Waals surface area contributed by atoms with Gasteiger partial charge in [-0.2, -0.15) is 0 Å². The van der Waals surface area contributed by atoms with E-state index in [1.807, 2.05) is 30.3 Å². The minimum Gasteiger partial charge on any atom is -0.338 e. The number of anilines is 1. The maximum atomic E-state index is 11.9. The lowest BCUT2D eigenvalue weighted by Gasteiger charge is -2.13. The zero-order valence-corrected chi connectivity index (χ0v) is 11.9. The maximum absolute atomic E-state index is 11.9. The Morgan fingerprint density at radius 3 is 2.76 bits per heavy atom. The predicted octanol–water partition coefficient (Wildman–Crippen LogP) is 2.77. The molecule has 1 aliphatic heterocycles. The smallest absolute Gasteiger partial charge is 0.231 e. The van der Waals surface area contributed by atoms with Crippen molar-refractivity contribution < 1.29 is 9.32 Å². The molecule has 5 nitrogen and oxygen atoms in total. The van der Waals surface area contributed by atoms with E-state index in [4.69, 9.17) is 4.52 Å². The van der Waals surface area contributed by atoms with Crippen molar-refractivity contribution in [1.82, 2.24) is 10.1 Å². The Morgan fingerprint density at radius 1 is 1.24 bits per heavy atom. The van der Waals surface area contributed by atoms with Crippen molar-refractivity contribution in [2.75, 3.05) is 25.0 Å². The molecule has 1 aliphatic rings. The van der Waals surface area contributed by atoms with Crippen LogP contribution in [0.25, 0.3) is 11.3 Å². The van der Waals surface area contributed by atoms with Gasteiger partial charge in [-0.25, -0.2) is 0 Å². The number of nitrogens with zero attached hydrogens (tertiary/aromatic N) is 2. The lowest BCUT2D eigenvalue weighted by atomic mass is 10.2. The minimum absolute atomic E-state index is 0.0299. The second-order valence-corrected chi connectivity index (χ2v) is 5.29. The predicted molar refractivity (Wildman–Crippen MR) is 80.9 cm³/mol. The molecule has 1 N–H and O–H groups in total. The zero-order chi connectivity index (χ0) is 14.5. The van der Waals surface area contributed by atoms with Crippen molar-refractivity contribution in [3.8, 4) is 11.3 Å². The van der Waals surface area contributed by atoms with Crippen LogP contribution in [0, 0.1) is 0 Å². The van der Waals surface area contributed by atoms with Gasteiger partial charge in [0.1, 0.15) is 5.69 Å². The summed E-state index contributed by atoms with van der Waals surface area (Å²) in [6, 6.07) is 11.5. The van der Waals surface area contributed by atoms with Crippen molar-refractivity contribution >= 4 is 11.8 Å². The van der Waals surface area contributed by atoms with Gasteiger partial charge in [0, 0.05) is 24.6 Å². The van der Waals surface area contributed by atoms with E-state index in [0.29, 0.717) is 12.3 Å². The largest absolute Gasteiger partial charge is 0.338 e. The van der Waals surface area contributed by atoms with E-state index in [9.17, 15) is 4.79 Å². The molecule has 1 aromatic heterocycles. The van der Waals surface area contributed by atoms with E-state index in [2.05, 4.69) is 15.4 Å². The summed E-state index contributed by atoms with van der Waals surface area (Å²) in [5.41, 5.74) is 1.70. The molecule has 0 saturated carbocycles.